The van der Waals surface area contributed by atoms with E-state index in [1.54, 1.807) is 68.5 Å². The predicted molar refractivity (Wildman–Crippen MR) is 175 cm³/mol. The highest BCUT2D eigenvalue weighted by molar-refractivity contribution is 6.34. The number of carbonyl (C=O) groups excluding carboxylic acids is 2. The van der Waals surface area contributed by atoms with Crippen LogP contribution in [0.5, 0.6) is 5.75 Å². The maximum atomic E-state index is 14.3. The molecule has 0 aliphatic rings. The van der Waals surface area contributed by atoms with Gasteiger partial charge in [-0.2, -0.15) is 9.61 Å². The van der Waals surface area contributed by atoms with E-state index in [4.69, 9.17) is 21.1 Å². The van der Waals surface area contributed by atoms with Gasteiger partial charge in [0.2, 0.25) is 0 Å². The summed E-state index contributed by atoms with van der Waals surface area (Å²) >= 11 is 6.65. The molecule has 45 heavy (non-hydrogen) atoms. The first-order valence-electron chi connectivity index (χ1n) is 15.0. The van der Waals surface area contributed by atoms with Gasteiger partial charge in [-0.25, -0.2) is 9.59 Å². The second kappa shape index (κ2) is 14.2. The lowest BCUT2D eigenvalue weighted by Gasteiger charge is -2.36. The van der Waals surface area contributed by atoms with Crippen molar-refractivity contribution in [2.24, 2.45) is 5.92 Å². The Labute approximate surface area is 268 Å². The van der Waals surface area contributed by atoms with Gasteiger partial charge < -0.3 is 19.7 Å². The minimum Gasteiger partial charge on any atom is -0.497 e. The Kier molecular flexibility index (Phi) is 10.6. The van der Waals surface area contributed by atoms with Crippen LogP contribution in [-0.4, -0.2) is 56.9 Å². The summed E-state index contributed by atoms with van der Waals surface area (Å²) in [4.78, 5) is 42.4. The van der Waals surface area contributed by atoms with E-state index in [0.717, 1.165) is 5.56 Å². The molecule has 0 radical (unpaired) electrons. The highest BCUT2D eigenvalue weighted by atomic mass is 35.5. The van der Waals surface area contributed by atoms with E-state index in [9.17, 15) is 14.4 Å². The van der Waals surface area contributed by atoms with Crippen molar-refractivity contribution in [1.82, 2.24) is 24.4 Å². The molecule has 0 spiro atoms. The van der Waals surface area contributed by atoms with Crippen LogP contribution in [0, 0.1) is 12.8 Å². The zero-order valence-corrected chi connectivity index (χ0v) is 27.7. The fourth-order valence-corrected chi connectivity index (χ4v) is 5.46. The lowest BCUT2D eigenvalue weighted by Crippen LogP contribution is -2.43. The number of aryl methyl sites for hydroxylation is 1. The number of aromatic nitrogens is 3. The van der Waals surface area contributed by atoms with Gasteiger partial charge in [0.15, 0.2) is 0 Å². The normalized spacial score (nSPS) is 12.3. The van der Waals surface area contributed by atoms with Crippen molar-refractivity contribution in [3.63, 3.8) is 0 Å². The summed E-state index contributed by atoms with van der Waals surface area (Å²) < 4.78 is 13.7. The Morgan fingerprint density at radius 3 is 2.33 bits per heavy atom. The lowest BCUT2D eigenvalue weighted by molar-refractivity contribution is 0.0520. The van der Waals surface area contributed by atoms with E-state index in [0.29, 0.717) is 46.2 Å². The first kappa shape index (κ1) is 33.6. The van der Waals surface area contributed by atoms with E-state index in [-0.39, 0.29) is 30.6 Å². The molecule has 4 rings (SSSR count). The zero-order valence-electron chi connectivity index (χ0n) is 27.0. The molecule has 2 amide bonds. The van der Waals surface area contributed by atoms with Crippen LogP contribution in [-0.2, 0) is 11.3 Å². The van der Waals surface area contributed by atoms with E-state index >= 15 is 0 Å². The van der Waals surface area contributed by atoms with Crippen molar-refractivity contribution in [3.8, 4) is 5.75 Å². The molecule has 240 valence electrons. The smallest absolute Gasteiger partial charge is 0.407 e. The number of ether oxygens (including phenoxy) is 2. The third-order valence-corrected chi connectivity index (χ3v) is 7.79. The number of amides is 2. The third-order valence-electron chi connectivity index (χ3n) is 7.32. The number of methoxy groups -OCH3 is 1. The average molecular weight is 636 g/mol. The van der Waals surface area contributed by atoms with Crippen LogP contribution in [0.4, 0.5) is 4.79 Å². The number of hydrogen-bond acceptors (Lipinski definition) is 6. The molecular weight excluding hydrogens is 594 g/mol. The number of alkyl carbamates (subject to hydrolysis) is 1. The minimum atomic E-state index is -0.627. The summed E-state index contributed by atoms with van der Waals surface area (Å²) in [6, 6.07) is 17.9. The summed E-state index contributed by atoms with van der Waals surface area (Å²) in [5.41, 5.74) is 2.07. The molecular formula is C34H42ClN5O5. The van der Waals surface area contributed by atoms with Crippen molar-refractivity contribution in [2.75, 3.05) is 20.2 Å². The molecule has 0 fully saturated rings. The van der Waals surface area contributed by atoms with Gasteiger partial charge in [-0.1, -0.05) is 55.8 Å². The van der Waals surface area contributed by atoms with Crippen LogP contribution in [0.1, 0.15) is 74.4 Å². The molecule has 2 aromatic carbocycles. The largest absolute Gasteiger partial charge is 0.497 e. The molecule has 0 aliphatic carbocycles. The molecule has 2 aromatic heterocycles. The second-order valence-corrected chi connectivity index (χ2v) is 12.7. The van der Waals surface area contributed by atoms with Crippen LogP contribution in [0.15, 0.2) is 65.5 Å². The number of nitrogens with one attached hydrogen (secondary N) is 1. The Bertz CT molecular complexity index is 1690. The number of halogens is 1. The number of nitrogens with zero attached hydrogens (tertiary/aromatic N) is 4. The Morgan fingerprint density at radius 2 is 1.73 bits per heavy atom. The SMILES string of the molecule is COc1ccc(C(=O)N(CCCNC(=O)OC(C)(C)C)[C@@H](c2cc3c(Cl)c(C)nn3c(=O)n2Cc2ccccc2)C(C)C)cc1. The van der Waals surface area contributed by atoms with Gasteiger partial charge in [0, 0.05) is 24.3 Å². The minimum absolute atomic E-state index is 0.113. The predicted octanol–water partition coefficient (Wildman–Crippen LogP) is 6.27. The number of fused-ring (bicyclic) bond motifs is 1. The Hall–Kier alpha value is -4.31. The average Bonchev–Trinajstić information content (AvgIpc) is 3.28. The van der Waals surface area contributed by atoms with Crippen LogP contribution in [0.2, 0.25) is 5.02 Å². The topological polar surface area (TPSA) is 107 Å². The molecule has 1 atom stereocenters. The number of rotatable bonds is 11. The number of hydrogen-bond donors (Lipinski definition) is 1. The highest BCUT2D eigenvalue weighted by Crippen LogP contribution is 2.33. The van der Waals surface area contributed by atoms with E-state index in [2.05, 4.69) is 10.4 Å². The van der Waals surface area contributed by atoms with Gasteiger partial charge in [-0.05, 0) is 75.9 Å². The fraction of sp³-hybridized carbons (Fsp3) is 0.412. The van der Waals surface area contributed by atoms with Gasteiger partial charge in [-0.15, -0.1) is 0 Å². The van der Waals surface area contributed by atoms with Gasteiger partial charge >= 0.3 is 11.8 Å². The molecule has 0 aliphatic heterocycles. The van der Waals surface area contributed by atoms with E-state index < -0.39 is 17.7 Å². The van der Waals surface area contributed by atoms with Crippen molar-refractivity contribution in [1.29, 1.82) is 0 Å². The summed E-state index contributed by atoms with van der Waals surface area (Å²) in [6.07, 6.45) is -0.0777. The maximum absolute atomic E-state index is 14.3. The van der Waals surface area contributed by atoms with Gasteiger partial charge in [0.05, 0.1) is 35.9 Å². The zero-order chi connectivity index (χ0) is 32.9. The second-order valence-electron chi connectivity index (χ2n) is 12.3. The molecule has 10 nitrogen and oxygen atoms in total. The molecule has 1 N–H and O–H groups in total. The molecule has 0 unspecified atom stereocenters. The van der Waals surface area contributed by atoms with Gasteiger partial charge in [0.25, 0.3) is 5.91 Å². The van der Waals surface area contributed by atoms with E-state index in [1.807, 2.05) is 50.2 Å². The molecule has 11 heteroatoms. The van der Waals surface area contributed by atoms with Crippen LogP contribution in [0.3, 0.4) is 0 Å². The van der Waals surface area contributed by atoms with Crippen molar-refractivity contribution in [3.05, 3.63) is 98.7 Å². The maximum Gasteiger partial charge on any atom is 0.407 e. The Balaban J connectivity index is 1.81. The highest BCUT2D eigenvalue weighted by Gasteiger charge is 2.32. The summed E-state index contributed by atoms with van der Waals surface area (Å²) in [5.74, 6) is 0.300. The van der Waals surface area contributed by atoms with Gasteiger partial charge in [0.1, 0.15) is 11.4 Å². The van der Waals surface area contributed by atoms with Crippen LogP contribution < -0.4 is 15.7 Å². The number of benzene rings is 2. The first-order chi connectivity index (χ1) is 21.3. The van der Waals surface area contributed by atoms with Crippen LogP contribution in [0.25, 0.3) is 5.52 Å². The Morgan fingerprint density at radius 1 is 1.07 bits per heavy atom. The summed E-state index contributed by atoms with van der Waals surface area (Å²) in [5, 5.41) is 7.58. The fourth-order valence-electron chi connectivity index (χ4n) is 5.29. The quantitative estimate of drug-likeness (QED) is 0.195. The summed E-state index contributed by atoms with van der Waals surface area (Å²) in [7, 11) is 1.57. The molecule has 2 heterocycles. The first-order valence-corrected chi connectivity index (χ1v) is 15.4. The third kappa shape index (κ3) is 8.05. The number of carbonyl (C=O) groups is 2. The van der Waals surface area contributed by atoms with Crippen molar-refractivity contribution >= 4 is 29.1 Å². The molecule has 0 saturated heterocycles. The van der Waals surface area contributed by atoms with Gasteiger partial charge in [-0.3, -0.25) is 9.36 Å². The molecule has 0 saturated carbocycles. The molecule has 4 aromatic rings. The monoisotopic (exact) mass is 635 g/mol. The van der Waals surface area contributed by atoms with Crippen molar-refractivity contribution in [2.45, 2.75) is 66.2 Å². The van der Waals surface area contributed by atoms with Crippen LogP contribution >= 0.6 is 11.6 Å². The molecule has 0 bridgehead atoms. The standard InChI is InChI=1S/C34H42ClN5O5/c1-22(2)30(28-20-27-29(35)23(3)37-40(27)33(43)39(28)21-24-12-9-8-10-13-24)38(19-11-18-36-32(42)45-34(4,5)6)31(41)25-14-16-26(44-7)17-15-25/h8-10,12-17,20,22,30H,11,18-19,21H2,1-7H3,(H,36,42)/t30-/m1/s1. The lowest BCUT2D eigenvalue weighted by atomic mass is 9.96. The summed E-state index contributed by atoms with van der Waals surface area (Å²) in [6.45, 7) is 12.0. The van der Waals surface area contributed by atoms with Crippen molar-refractivity contribution < 1.29 is 19.1 Å². The van der Waals surface area contributed by atoms with E-state index in [1.165, 1.54) is 4.52 Å².